The Morgan fingerprint density at radius 2 is 1.80 bits per heavy atom. The first kappa shape index (κ1) is 15.5. The molecular formula is C16H16BrClFN. The van der Waals surface area contributed by atoms with E-state index in [0.717, 1.165) is 29.7 Å². The highest BCUT2D eigenvalue weighted by atomic mass is 79.9. The van der Waals surface area contributed by atoms with E-state index in [9.17, 15) is 4.39 Å². The number of rotatable bonds is 6. The molecule has 0 bridgehead atoms. The number of halogens is 3. The highest BCUT2D eigenvalue weighted by Crippen LogP contribution is 2.20. The molecule has 0 unspecified atom stereocenters. The van der Waals surface area contributed by atoms with E-state index in [1.165, 1.54) is 17.7 Å². The fourth-order valence-corrected chi connectivity index (χ4v) is 2.78. The predicted molar refractivity (Wildman–Crippen MR) is 85.4 cm³/mol. The van der Waals surface area contributed by atoms with E-state index in [4.69, 9.17) is 11.6 Å². The molecule has 0 radical (unpaired) electrons. The summed E-state index contributed by atoms with van der Waals surface area (Å²) in [7, 11) is 0. The van der Waals surface area contributed by atoms with Crippen molar-refractivity contribution in [2.75, 3.05) is 12.4 Å². The lowest BCUT2D eigenvalue weighted by molar-refractivity contribution is 0.272. The van der Waals surface area contributed by atoms with Gasteiger partial charge in [-0.05, 0) is 23.3 Å². The third kappa shape index (κ3) is 4.58. The smallest absolute Gasteiger partial charge is 0.124 e. The van der Waals surface area contributed by atoms with E-state index in [2.05, 4.69) is 33.0 Å². The second kappa shape index (κ2) is 7.77. The van der Waals surface area contributed by atoms with Crippen LogP contribution in [0, 0.1) is 5.82 Å². The third-order valence-electron chi connectivity index (χ3n) is 3.06. The van der Waals surface area contributed by atoms with Gasteiger partial charge in [0.25, 0.3) is 0 Å². The topological polar surface area (TPSA) is 3.24 Å². The van der Waals surface area contributed by atoms with Crippen molar-refractivity contribution in [3.8, 4) is 0 Å². The van der Waals surface area contributed by atoms with E-state index in [1.54, 1.807) is 0 Å². The van der Waals surface area contributed by atoms with E-state index in [-0.39, 0.29) is 5.82 Å². The normalized spacial score (nSPS) is 11.0. The molecule has 0 aromatic heterocycles. The van der Waals surface area contributed by atoms with E-state index in [1.807, 2.05) is 24.3 Å². The highest BCUT2D eigenvalue weighted by Gasteiger charge is 2.09. The molecule has 106 valence electrons. The molecule has 2 aromatic carbocycles. The van der Waals surface area contributed by atoms with Crippen molar-refractivity contribution in [1.82, 2.24) is 4.90 Å². The van der Waals surface area contributed by atoms with Crippen molar-refractivity contribution in [2.45, 2.75) is 13.1 Å². The van der Waals surface area contributed by atoms with Gasteiger partial charge in [0.05, 0.1) is 0 Å². The number of nitrogens with zero attached hydrogens (tertiary/aromatic N) is 1. The molecule has 4 heteroatoms. The molecule has 0 N–H and O–H groups in total. The van der Waals surface area contributed by atoms with Crippen LogP contribution in [0.5, 0.6) is 0 Å². The summed E-state index contributed by atoms with van der Waals surface area (Å²) in [6.07, 6.45) is 0. The van der Waals surface area contributed by atoms with E-state index in [0.29, 0.717) is 5.88 Å². The minimum Gasteiger partial charge on any atom is -0.294 e. The summed E-state index contributed by atoms with van der Waals surface area (Å²) in [5, 5.41) is 0. The highest BCUT2D eigenvalue weighted by molar-refractivity contribution is 9.10. The molecule has 20 heavy (non-hydrogen) atoms. The maximum atomic E-state index is 13.1. The van der Waals surface area contributed by atoms with Gasteiger partial charge in [-0.3, -0.25) is 4.90 Å². The minimum atomic E-state index is -0.229. The van der Waals surface area contributed by atoms with Crippen LogP contribution in [0.2, 0.25) is 0 Å². The zero-order chi connectivity index (χ0) is 14.4. The molecule has 0 aliphatic rings. The fraction of sp³-hybridized carbons (Fsp3) is 0.250. The largest absolute Gasteiger partial charge is 0.294 e. The standard InChI is InChI=1S/C16H16BrClFN/c17-16-10-15(19)7-6-14(16)12-20(9-8-18)11-13-4-2-1-3-5-13/h1-7,10H,8-9,11-12H2. The van der Waals surface area contributed by atoms with Crippen LogP contribution in [0.3, 0.4) is 0 Å². The molecular weight excluding hydrogens is 341 g/mol. The summed E-state index contributed by atoms with van der Waals surface area (Å²) in [5.41, 5.74) is 2.31. The third-order valence-corrected chi connectivity index (χ3v) is 3.97. The molecule has 0 saturated heterocycles. The van der Waals surface area contributed by atoms with Crippen molar-refractivity contribution >= 4 is 27.5 Å². The Labute approximate surface area is 132 Å². The molecule has 0 amide bonds. The lowest BCUT2D eigenvalue weighted by atomic mass is 10.1. The average molecular weight is 357 g/mol. The minimum absolute atomic E-state index is 0.229. The Hall–Kier alpha value is -0.900. The monoisotopic (exact) mass is 355 g/mol. The van der Waals surface area contributed by atoms with Crippen molar-refractivity contribution in [3.05, 3.63) is 69.9 Å². The van der Waals surface area contributed by atoms with Gasteiger partial charge in [0, 0.05) is 30.0 Å². The molecule has 0 fully saturated rings. The Balaban J connectivity index is 2.09. The Kier molecular flexibility index (Phi) is 6.02. The van der Waals surface area contributed by atoms with Crippen LogP contribution in [0.25, 0.3) is 0 Å². The summed E-state index contributed by atoms with van der Waals surface area (Å²) in [5.74, 6) is 0.346. The van der Waals surface area contributed by atoms with Gasteiger partial charge in [-0.2, -0.15) is 0 Å². The number of hydrogen-bond donors (Lipinski definition) is 0. The van der Waals surface area contributed by atoms with Crippen LogP contribution in [-0.4, -0.2) is 17.3 Å². The van der Waals surface area contributed by atoms with Crippen LogP contribution in [-0.2, 0) is 13.1 Å². The average Bonchev–Trinajstić information content (AvgIpc) is 2.43. The zero-order valence-electron chi connectivity index (χ0n) is 11.0. The van der Waals surface area contributed by atoms with Crippen molar-refractivity contribution in [2.24, 2.45) is 0 Å². The molecule has 1 nitrogen and oxygen atoms in total. The molecule has 0 aliphatic carbocycles. The fourth-order valence-electron chi connectivity index (χ4n) is 2.07. The quantitative estimate of drug-likeness (QED) is 0.670. The summed E-state index contributed by atoms with van der Waals surface area (Å²) < 4.78 is 13.9. The lowest BCUT2D eigenvalue weighted by Crippen LogP contribution is -2.25. The van der Waals surface area contributed by atoms with Crippen LogP contribution >= 0.6 is 27.5 Å². The van der Waals surface area contributed by atoms with Gasteiger partial charge in [-0.15, -0.1) is 11.6 Å². The van der Waals surface area contributed by atoms with Gasteiger partial charge in [0.15, 0.2) is 0 Å². The Bertz CT molecular complexity index is 547. The summed E-state index contributed by atoms with van der Waals surface area (Å²) in [6.45, 7) is 2.36. The van der Waals surface area contributed by atoms with Crippen molar-refractivity contribution in [1.29, 1.82) is 0 Å². The molecule has 2 rings (SSSR count). The first-order valence-electron chi connectivity index (χ1n) is 6.45. The molecule has 0 spiro atoms. The Morgan fingerprint density at radius 3 is 2.45 bits per heavy atom. The number of hydrogen-bond acceptors (Lipinski definition) is 1. The van der Waals surface area contributed by atoms with Crippen molar-refractivity contribution < 1.29 is 4.39 Å². The van der Waals surface area contributed by atoms with E-state index >= 15 is 0 Å². The first-order valence-corrected chi connectivity index (χ1v) is 7.78. The van der Waals surface area contributed by atoms with Crippen LogP contribution in [0.1, 0.15) is 11.1 Å². The Morgan fingerprint density at radius 1 is 1.05 bits per heavy atom. The van der Waals surface area contributed by atoms with E-state index < -0.39 is 0 Å². The molecule has 0 aliphatic heterocycles. The van der Waals surface area contributed by atoms with Crippen molar-refractivity contribution in [3.63, 3.8) is 0 Å². The SMILES string of the molecule is Fc1ccc(CN(CCCl)Cc2ccccc2)c(Br)c1. The van der Waals surface area contributed by atoms with Gasteiger partial charge in [0.1, 0.15) is 5.82 Å². The van der Waals surface area contributed by atoms with Gasteiger partial charge in [-0.1, -0.05) is 52.3 Å². The molecule has 2 aromatic rings. The maximum Gasteiger partial charge on any atom is 0.124 e. The van der Waals surface area contributed by atoms with Crippen LogP contribution in [0.4, 0.5) is 4.39 Å². The second-order valence-electron chi connectivity index (χ2n) is 4.62. The summed E-state index contributed by atoms with van der Waals surface area (Å²) >= 11 is 9.29. The number of alkyl halides is 1. The van der Waals surface area contributed by atoms with Crippen LogP contribution < -0.4 is 0 Å². The number of benzene rings is 2. The zero-order valence-corrected chi connectivity index (χ0v) is 13.4. The van der Waals surface area contributed by atoms with Gasteiger partial charge in [0.2, 0.25) is 0 Å². The van der Waals surface area contributed by atoms with Gasteiger partial charge in [-0.25, -0.2) is 4.39 Å². The lowest BCUT2D eigenvalue weighted by Gasteiger charge is -2.22. The van der Waals surface area contributed by atoms with Gasteiger partial charge >= 0.3 is 0 Å². The molecule has 0 atom stereocenters. The molecule has 0 heterocycles. The summed E-state index contributed by atoms with van der Waals surface area (Å²) in [4.78, 5) is 2.25. The predicted octanol–water partition coefficient (Wildman–Crippen LogP) is 4.83. The van der Waals surface area contributed by atoms with Crippen LogP contribution in [0.15, 0.2) is 53.0 Å². The molecule has 0 saturated carbocycles. The first-order chi connectivity index (χ1) is 9.69. The second-order valence-corrected chi connectivity index (χ2v) is 5.85. The van der Waals surface area contributed by atoms with Gasteiger partial charge < -0.3 is 0 Å². The summed E-state index contributed by atoms with van der Waals surface area (Å²) in [6, 6.07) is 15.1. The maximum absolute atomic E-state index is 13.1.